The van der Waals surface area contributed by atoms with E-state index in [9.17, 15) is 9.90 Å². The summed E-state index contributed by atoms with van der Waals surface area (Å²) >= 11 is 0. The minimum Gasteiger partial charge on any atom is -0.478 e. The number of aryl methyl sites for hydroxylation is 2. The van der Waals surface area contributed by atoms with E-state index in [1.165, 1.54) is 0 Å². The Kier molecular flexibility index (Phi) is 3.40. The SMILES string of the molecule is CC(C)C1CCCN1c1nc2c(cc1C(=O)O)CCC2. The van der Waals surface area contributed by atoms with E-state index in [4.69, 9.17) is 4.98 Å². The lowest BCUT2D eigenvalue weighted by molar-refractivity contribution is 0.0697. The average Bonchev–Trinajstić information content (AvgIpc) is 3.05. The smallest absolute Gasteiger partial charge is 0.339 e. The third kappa shape index (κ3) is 2.17. The minimum absolute atomic E-state index is 0.387. The highest BCUT2D eigenvalue weighted by Gasteiger charge is 2.32. The third-order valence-corrected chi connectivity index (χ3v) is 4.60. The second-order valence-electron chi connectivity index (χ2n) is 6.27. The first-order valence-corrected chi connectivity index (χ1v) is 7.60. The Balaban J connectivity index is 2.05. The Hall–Kier alpha value is -1.58. The predicted octanol–water partition coefficient (Wildman–Crippen LogP) is 2.89. The summed E-state index contributed by atoms with van der Waals surface area (Å²) in [7, 11) is 0. The van der Waals surface area contributed by atoms with Crippen LogP contribution in [-0.2, 0) is 12.8 Å². The van der Waals surface area contributed by atoms with Gasteiger partial charge in [-0.25, -0.2) is 9.78 Å². The molecule has 0 saturated carbocycles. The maximum Gasteiger partial charge on any atom is 0.339 e. The first kappa shape index (κ1) is 13.4. The summed E-state index contributed by atoms with van der Waals surface area (Å²) in [5, 5.41) is 9.52. The number of carbonyl (C=O) groups is 1. The summed E-state index contributed by atoms with van der Waals surface area (Å²) in [4.78, 5) is 18.6. The van der Waals surface area contributed by atoms with Crippen LogP contribution in [0.1, 0.15) is 54.7 Å². The molecule has 1 aromatic heterocycles. The molecule has 2 heterocycles. The Morgan fingerprint density at radius 3 is 2.90 bits per heavy atom. The normalized spacial score (nSPS) is 21.6. The van der Waals surface area contributed by atoms with Crippen molar-refractivity contribution < 1.29 is 9.90 Å². The van der Waals surface area contributed by atoms with Crippen molar-refractivity contribution in [3.8, 4) is 0 Å². The van der Waals surface area contributed by atoms with Gasteiger partial charge in [0.05, 0.1) is 0 Å². The van der Waals surface area contributed by atoms with Gasteiger partial charge in [0.15, 0.2) is 0 Å². The molecule has 1 N–H and O–H groups in total. The summed E-state index contributed by atoms with van der Waals surface area (Å²) in [6, 6.07) is 2.28. The molecule has 1 aliphatic carbocycles. The summed E-state index contributed by atoms with van der Waals surface area (Å²) in [6.45, 7) is 5.34. The number of fused-ring (bicyclic) bond motifs is 1. The number of hydrogen-bond donors (Lipinski definition) is 1. The highest BCUT2D eigenvalue weighted by atomic mass is 16.4. The Bertz CT molecular complexity index is 540. The van der Waals surface area contributed by atoms with Crippen LogP contribution >= 0.6 is 0 Å². The summed E-state index contributed by atoms with van der Waals surface area (Å²) in [5.41, 5.74) is 2.63. The number of rotatable bonds is 3. The molecule has 1 saturated heterocycles. The molecule has 0 aromatic carbocycles. The van der Waals surface area contributed by atoms with Crippen LogP contribution in [0.15, 0.2) is 6.07 Å². The van der Waals surface area contributed by atoms with E-state index in [0.29, 0.717) is 23.3 Å². The lowest BCUT2D eigenvalue weighted by Gasteiger charge is -2.30. The topological polar surface area (TPSA) is 53.4 Å². The Labute approximate surface area is 119 Å². The highest BCUT2D eigenvalue weighted by Crippen LogP contribution is 2.33. The van der Waals surface area contributed by atoms with Crippen molar-refractivity contribution in [3.63, 3.8) is 0 Å². The van der Waals surface area contributed by atoms with Crippen LogP contribution in [0, 0.1) is 5.92 Å². The number of aromatic nitrogens is 1. The van der Waals surface area contributed by atoms with E-state index in [0.717, 1.165) is 49.9 Å². The van der Waals surface area contributed by atoms with Crippen LogP contribution in [-0.4, -0.2) is 28.6 Å². The van der Waals surface area contributed by atoms with E-state index >= 15 is 0 Å². The Morgan fingerprint density at radius 1 is 1.40 bits per heavy atom. The zero-order valence-electron chi connectivity index (χ0n) is 12.2. The molecule has 1 fully saturated rings. The molecule has 0 spiro atoms. The number of carboxylic acid groups (broad SMARTS) is 1. The number of nitrogens with zero attached hydrogens (tertiary/aromatic N) is 2. The van der Waals surface area contributed by atoms with Gasteiger partial charge in [-0.05, 0) is 49.7 Å². The quantitative estimate of drug-likeness (QED) is 0.920. The van der Waals surface area contributed by atoms with Gasteiger partial charge in [0.2, 0.25) is 0 Å². The second kappa shape index (κ2) is 5.08. The molecule has 1 aromatic rings. The zero-order valence-corrected chi connectivity index (χ0v) is 12.2. The average molecular weight is 274 g/mol. The van der Waals surface area contributed by atoms with Gasteiger partial charge < -0.3 is 10.0 Å². The highest BCUT2D eigenvalue weighted by molar-refractivity contribution is 5.94. The van der Waals surface area contributed by atoms with Crippen molar-refractivity contribution in [3.05, 3.63) is 22.9 Å². The number of pyridine rings is 1. The number of hydrogen-bond acceptors (Lipinski definition) is 3. The number of carboxylic acids is 1. The van der Waals surface area contributed by atoms with E-state index in [1.54, 1.807) is 0 Å². The molecular weight excluding hydrogens is 252 g/mol. The standard InChI is InChI=1S/C16H22N2O2/c1-10(2)14-7-4-8-18(14)15-12(16(19)20)9-11-5-3-6-13(11)17-15/h9-10,14H,3-8H2,1-2H3,(H,19,20). The zero-order chi connectivity index (χ0) is 14.3. The largest absolute Gasteiger partial charge is 0.478 e. The molecule has 108 valence electrons. The number of aromatic carboxylic acids is 1. The summed E-state index contributed by atoms with van der Waals surface area (Å²) < 4.78 is 0. The first-order valence-electron chi connectivity index (χ1n) is 7.60. The monoisotopic (exact) mass is 274 g/mol. The van der Waals surface area contributed by atoms with Gasteiger partial charge in [-0.1, -0.05) is 13.8 Å². The van der Waals surface area contributed by atoms with Crippen molar-refractivity contribution in [1.82, 2.24) is 4.98 Å². The fraction of sp³-hybridized carbons (Fsp3) is 0.625. The summed E-state index contributed by atoms with van der Waals surface area (Å²) in [5.74, 6) is 0.375. The maximum absolute atomic E-state index is 11.6. The first-order chi connectivity index (χ1) is 9.58. The fourth-order valence-corrected chi connectivity index (χ4v) is 3.59. The van der Waals surface area contributed by atoms with Crippen LogP contribution < -0.4 is 4.90 Å². The van der Waals surface area contributed by atoms with E-state index in [1.807, 2.05) is 6.07 Å². The van der Waals surface area contributed by atoms with Crippen molar-refractivity contribution in [2.45, 2.75) is 52.0 Å². The van der Waals surface area contributed by atoms with Gasteiger partial charge in [-0.3, -0.25) is 0 Å². The molecule has 1 unspecified atom stereocenters. The van der Waals surface area contributed by atoms with Crippen molar-refractivity contribution in [2.75, 3.05) is 11.4 Å². The minimum atomic E-state index is -0.850. The molecule has 0 radical (unpaired) electrons. The maximum atomic E-state index is 11.6. The van der Waals surface area contributed by atoms with Gasteiger partial charge in [-0.2, -0.15) is 0 Å². The lowest BCUT2D eigenvalue weighted by Crippen LogP contribution is -2.35. The number of anilines is 1. The third-order valence-electron chi connectivity index (χ3n) is 4.60. The Morgan fingerprint density at radius 2 is 2.20 bits per heavy atom. The molecule has 2 aliphatic rings. The van der Waals surface area contributed by atoms with Gasteiger partial charge in [-0.15, -0.1) is 0 Å². The molecule has 4 heteroatoms. The molecular formula is C16H22N2O2. The second-order valence-corrected chi connectivity index (χ2v) is 6.27. The van der Waals surface area contributed by atoms with Gasteiger partial charge >= 0.3 is 5.97 Å². The molecule has 3 rings (SSSR count). The summed E-state index contributed by atoms with van der Waals surface area (Å²) in [6.07, 6.45) is 5.31. The van der Waals surface area contributed by atoms with E-state index < -0.39 is 5.97 Å². The fourth-order valence-electron chi connectivity index (χ4n) is 3.59. The van der Waals surface area contributed by atoms with E-state index in [2.05, 4.69) is 18.7 Å². The molecule has 0 bridgehead atoms. The predicted molar refractivity (Wildman–Crippen MR) is 78.4 cm³/mol. The van der Waals surface area contributed by atoms with Crippen LogP contribution in [0.25, 0.3) is 0 Å². The van der Waals surface area contributed by atoms with Crippen LogP contribution in [0.4, 0.5) is 5.82 Å². The van der Waals surface area contributed by atoms with Crippen LogP contribution in [0.5, 0.6) is 0 Å². The molecule has 20 heavy (non-hydrogen) atoms. The molecule has 1 aliphatic heterocycles. The van der Waals surface area contributed by atoms with Crippen molar-refractivity contribution in [1.29, 1.82) is 0 Å². The van der Waals surface area contributed by atoms with Crippen molar-refractivity contribution in [2.24, 2.45) is 5.92 Å². The molecule has 1 atom stereocenters. The van der Waals surface area contributed by atoms with E-state index in [-0.39, 0.29) is 0 Å². The van der Waals surface area contributed by atoms with Gasteiger partial charge in [0, 0.05) is 18.3 Å². The lowest BCUT2D eigenvalue weighted by atomic mass is 10.0. The van der Waals surface area contributed by atoms with Crippen LogP contribution in [0.2, 0.25) is 0 Å². The van der Waals surface area contributed by atoms with Crippen molar-refractivity contribution >= 4 is 11.8 Å². The van der Waals surface area contributed by atoms with Gasteiger partial charge in [0.1, 0.15) is 11.4 Å². The van der Waals surface area contributed by atoms with Crippen LogP contribution in [0.3, 0.4) is 0 Å². The van der Waals surface area contributed by atoms with Gasteiger partial charge in [0.25, 0.3) is 0 Å². The molecule has 4 nitrogen and oxygen atoms in total. The molecule has 0 amide bonds.